The lowest BCUT2D eigenvalue weighted by Gasteiger charge is -2.34. The smallest absolute Gasteiger partial charge is 0.351 e. The van der Waals surface area contributed by atoms with E-state index in [0.717, 1.165) is 5.13 Å². The van der Waals surface area contributed by atoms with Crippen molar-refractivity contribution in [3.8, 4) is 0 Å². The van der Waals surface area contributed by atoms with Gasteiger partial charge in [-0.15, -0.1) is 0 Å². The predicted molar refractivity (Wildman–Crippen MR) is 64.5 cm³/mol. The van der Waals surface area contributed by atoms with Gasteiger partial charge in [0.15, 0.2) is 15.2 Å². The summed E-state index contributed by atoms with van der Waals surface area (Å²) in [7, 11) is 3.33. The molecule has 2 rings (SSSR count). The standard InChI is InChI=1S/C10H13ClN2O2S/c1-13(6-4-3-5-6)10-12-8(11)7(16-10)9(14)15-2/h6H,3-5H2,1-2H3. The molecule has 0 radical (unpaired) electrons. The van der Waals surface area contributed by atoms with Crippen LogP contribution < -0.4 is 4.90 Å². The van der Waals surface area contributed by atoms with Crippen LogP contribution in [-0.4, -0.2) is 31.2 Å². The molecule has 0 aromatic carbocycles. The highest BCUT2D eigenvalue weighted by Crippen LogP contribution is 2.34. The van der Waals surface area contributed by atoms with Crippen LogP contribution >= 0.6 is 22.9 Å². The van der Waals surface area contributed by atoms with E-state index in [9.17, 15) is 4.79 Å². The lowest BCUT2D eigenvalue weighted by atomic mass is 9.92. The van der Waals surface area contributed by atoms with Crippen molar-refractivity contribution in [2.75, 3.05) is 19.1 Å². The Kier molecular flexibility index (Phi) is 3.35. The van der Waals surface area contributed by atoms with Gasteiger partial charge < -0.3 is 9.64 Å². The van der Waals surface area contributed by atoms with Crippen LogP contribution in [0.25, 0.3) is 0 Å². The molecule has 0 unspecified atom stereocenters. The van der Waals surface area contributed by atoms with Crippen LogP contribution in [0.5, 0.6) is 0 Å². The number of esters is 1. The lowest BCUT2D eigenvalue weighted by molar-refractivity contribution is 0.0606. The molecule has 16 heavy (non-hydrogen) atoms. The fourth-order valence-corrected chi connectivity index (χ4v) is 2.82. The summed E-state index contributed by atoms with van der Waals surface area (Å²) in [5, 5.41) is 1.02. The number of ether oxygens (including phenoxy) is 1. The van der Waals surface area contributed by atoms with Crippen LogP contribution in [0.4, 0.5) is 5.13 Å². The summed E-state index contributed by atoms with van der Waals surface area (Å²) in [6.45, 7) is 0. The molecular weight excluding hydrogens is 248 g/mol. The molecule has 0 aliphatic heterocycles. The van der Waals surface area contributed by atoms with Crippen molar-refractivity contribution in [3.63, 3.8) is 0 Å². The fraction of sp³-hybridized carbons (Fsp3) is 0.600. The third-order valence-electron chi connectivity index (χ3n) is 2.87. The van der Waals surface area contributed by atoms with E-state index >= 15 is 0 Å². The van der Waals surface area contributed by atoms with E-state index in [0.29, 0.717) is 10.9 Å². The van der Waals surface area contributed by atoms with E-state index in [2.05, 4.69) is 14.6 Å². The van der Waals surface area contributed by atoms with Gasteiger partial charge in [-0.05, 0) is 19.3 Å². The Hall–Kier alpha value is -0.810. The van der Waals surface area contributed by atoms with Gasteiger partial charge in [0.1, 0.15) is 0 Å². The second kappa shape index (κ2) is 4.59. The summed E-state index contributed by atoms with van der Waals surface area (Å²) in [4.78, 5) is 18.0. The van der Waals surface area contributed by atoms with E-state index < -0.39 is 5.97 Å². The maximum atomic E-state index is 11.4. The van der Waals surface area contributed by atoms with Gasteiger partial charge >= 0.3 is 5.97 Å². The Morgan fingerprint density at radius 3 is 2.81 bits per heavy atom. The summed E-state index contributed by atoms with van der Waals surface area (Å²) >= 11 is 7.19. The number of thiazole rings is 1. The number of anilines is 1. The normalized spacial score (nSPS) is 15.7. The van der Waals surface area contributed by atoms with E-state index in [1.807, 2.05) is 7.05 Å². The molecular formula is C10H13ClN2O2S. The summed E-state index contributed by atoms with van der Waals surface area (Å²) in [5.41, 5.74) is 0. The maximum Gasteiger partial charge on any atom is 0.351 e. The molecule has 6 heteroatoms. The molecule has 0 N–H and O–H groups in total. The minimum Gasteiger partial charge on any atom is -0.465 e. The molecule has 1 heterocycles. The Bertz CT molecular complexity index is 404. The Balaban J connectivity index is 2.19. The molecule has 1 saturated carbocycles. The molecule has 1 fully saturated rings. The van der Waals surface area contributed by atoms with E-state index in [1.165, 1.54) is 37.7 Å². The molecule has 88 valence electrons. The highest BCUT2D eigenvalue weighted by Gasteiger charge is 2.26. The van der Waals surface area contributed by atoms with Gasteiger partial charge in [0, 0.05) is 13.1 Å². The van der Waals surface area contributed by atoms with Crippen molar-refractivity contribution < 1.29 is 9.53 Å². The number of hydrogen-bond donors (Lipinski definition) is 0. The minimum absolute atomic E-state index is 0.234. The quantitative estimate of drug-likeness (QED) is 0.784. The van der Waals surface area contributed by atoms with Crippen LogP contribution in [0.15, 0.2) is 0 Å². The Morgan fingerprint density at radius 1 is 1.62 bits per heavy atom. The molecule has 4 nitrogen and oxygen atoms in total. The maximum absolute atomic E-state index is 11.4. The Labute approximate surface area is 103 Å². The van der Waals surface area contributed by atoms with Gasteiger partial charge in [-0.1, -0.05) is 22.9 Å². The number of carbonyl (C=O) groups is 1. The van der Waals surface area contributed by atoms with Crippen molar-refractivity contribution in [2.24, 2.45) is 0 Å². The first-order chi connectivity index (χ1) is 7.63. The predicted octanol–water partition coefficient (Wildman–Crippen LogP) is 2.57. The van der Waals surface area contributed by atoms with Crippen LogP contribution in [0.1, 0.15) is 28.9 Å². The number of hydrogen-bond acceptors (Lipinski definition) is 5. The number of aromatic nitrogens is 1. The second-order valence-electron chi connectivity index (χ2n) is 3.80. The topological polar surface area (TPSA) is 42.4 Å². The van der Waals surface area contributed by atoms with Gasteiger partial charge in [0.05, 0.1) is 7.11 Å². The average Bonchev–Trinajstić information content (AvgIpc) is 2.56. The summed E-state index contributed by atoms with van der Waals surface area (Å²) in [6, 6.07) is 0.535. The number of halogens is 1. The number of rotatable bonds is 3. The van der Waals surface area contributed by atoms with Crippen molar-refractivity contribution in [2.45, 2.75) is 25.3 Å². The molecule has 1 aromatic heterocycles. The number of nitrogens with zero attached hydrogens (tertiary/aromatic N) is 2. The lowest BCUT2D eigenvalue weighted by Crippen LogP contribution is -2.36. The molecule has 0 amide bonds. The zero-order valence-electron chi connectivity index (χ0n) is 9.20. The van der Waals surface area contributed by atoms with Crippen molar-refractivity contribution in [3.05, 3.63) is 10.0 Å². The van der Waals surface area contributed by atoms with Gasteiger partial charge in [-0.3, -0.25) is 0 Å². The highest BCUT2D eigenvalue weighted by molar-refractivity contribution is 7.18. The first kappa shape index (κ1) is 11.7. The van der Waals surface area contributed by atoms with Crippen molar-refractivity contribution in [1.82, 2.24) is 4.98 Å². The summed E-state index contributed by atoms with van der Waals surface area (Å²) < 4.78 is 4.64. The SMILES string of the molecule is COC(=O)c1sc(N(C)C2CCC2)nc1Cl. The van der Waals surface area contributed by atoms with Crippen LogP contribution in [-0.2, 0) is 4.74 Å². The number of carbonyl (C=O) groups excluding carboxylic acids is 1. The molecule has 1 aliphatic rings. The molecule has 0 atom stereocenters. The van der Waals surface area contributed by atoms with Crippen LogP contribution in [0.2, 0.25) is 5.15 Å². The van der Waals surface area contributed by atoms with Crippen LogP contribution in [0, 0.1) is 0 Å². The Morgan fingerprint density at radius 2 is 2.31 bits per heavy atom. The van der Waals surface area contributed by atoms with Gasteiger partial charge in [-0.25, -0.2) is 9.78 Å². The van der Waals surface area contributed by atoms with Gasteiger partial charge in [-0.2, -0.15) is 0 Å². The van der Waals surface area contributed by atoms with Crippen molar-refractivity contribution in [1.29, 1.82) is 0 Å². The second-order valence-corrected chi connectivity index (χ2v) is 5.14. The van der Waals surface area contributed by atoms with E-state index in [-0.39, 0.29) is 5.15 Å². The van der Waals surface area contributed by atoms with Gasteiger partial charge in [0.25, 0.3) is 0 Å². The third kappa shape index (κ3) is 2.01. The zero-order valence-corrected chi connectivity index (χ0v) is 10.8. The van der Waals surface area contributed by atoms with E-state index in [4.69, 9.17) is 11.6 Å². The minimum atomic E-state index is -0.421. The van der Waals surface area contributed by atoms with Gasteiger partial charge in [0.2, 0.25) is 0 Å². The third-order valence-corrected chi connectivity index (χ3v) is 4.38. The zero-order chi connectivity index (χ0) is 11.7. The molecule has 1 aromatic rings. The largest absolute Gasteiger partial charge is 0.465 e. The fourth-order valence-electron chi connectivity index (χ4n) is 1.59. The van der Waals surface area contributed by atoms with Crippen LogP contribution in [0.3, 0.4) is 0 Å². The summed E-state index contributed by atoms with van der Waals surface area (Å²) in [6.07, 6.45) is 3.63. The average molecular weight is 261 g/mol. The molecule has 0 saturated heterocycles. The molecule has 0 spiro atoms. The van der Waals surface area contributed by atoms with E-state index in [1.54, 1.807) is 0 Å². The monoisotopic (exact) mass is 260 g/mol. The molecule has 1 aliphatic carbocycles. The first-order valence-corrected chi connectivity index (χ1v) is 6.30. The summed E-state index contributed by atoms with van der Waals surface area (Å²) in [5.74, 6) is -0.421. The molecule has 0 bridgehead atoms. The van der Waals surface area contributed by atoms with Crippen molar-refractivity contribution >= 4 is 34.0 Å². The number of methoxy groups -OCH3 is 1. The first-order valence-electron chi connectivity index (χ1n) is 5.11. The highest BCUT2D eigenvalue weighted by atomic mass is 35.5.